The fraction of sp³-hybridized carbons (Fsp3) is 0.917. The Morgan fingerprint density at radius 1 is 0.657 bits per heavy atom. The van der Waals surface area contributed by atoms with Crippen molar-refractivity contribution in [2.75, 3.05) is 26.4 Å². The van der Waals surface area contributed by atoms with E-state index in [1.807, 2.05) is 27.7 Å². The summed E-state index contributed by atoms with van der Waals surface area (Å²) < 4.78 is 26.8. The summed E-state index contributed by atoms with van der Waals surface area (Å²) in [6, 6.07) is 0. The summed E-state index contributed by atoms with van der Waals surface area (Å²) in [7, 11) is 0. The van der Waals surface area contributed by atoms with Crippen LogP contribution in [0.1, 0.15) is 79.1 Å². The monoisotopic (exact) mass is 652 g/mol. The number of hydrogen-bond acceptors (Lipinski definition) is 9. The maximum absolute atomic E-state index is 12.0. The first kappa shape index (κ1) is 35.6. The number of hydrogen-bond donors (Lipinski definition) is 2. The summed E-state index contributed by atoms with van der Waals surface area (Å²) in [6.45, 7) is 8.52. The van der Waals surface area contributed by atoms with Gasteiger partial charge in [-0.1, -0.05) is 40.5 Å². The molecule has 0 spiro atoms. The van der Waals surface area contributed by atoms with Gasteiger partial charge in [-0.2, -0.15) is 0 Å². The summed E-state index contributed by atoms with van der Waals surface area (Å²) in [4.78, 5) is 24.0. The molecule has 0 aromatic carbocycles. The van der Waals surface area contributed by atoms with Crippen LogP contribution in [-0.4, -0.2) is 73.4 Å². The van der Waals surface area contributed by atoms with Crippen LogP contribution in [0.4, 0.5) is 9.59 Å². The van der Waals surface area contributed by atoms with Crippen molar-refractivity contribution in [3.8, 4) is 0 Å². The van der Waals surface area contributed by atoms with E-state index in [-0.39, 0.29) is 78.6 Å². The van der Waals surface area contributed by atoms with E-state index in [1.54, 1.807) is 0 Å². The van der Waals surface area contributed by atoms with Crippen molar-refractivity contribution >= 4 is 12.3 Å². The van der Waals surface area contributed by atoms with Crippen molar-refractivity contribution in [2.24, 2.45) is 10.8 Å². The minimum absolute atomic E-state index is 0. The molecule has 2 N–H and O–H groups in total. The van der Waals surface area contributed by atoms with Crippen LogP contribution in [0.5, 0.6) is 0 Å². The molecule has 0 saturated heterocycles. The molecule has 2 aliphatic carbocycles. The zero-order chi connectivity index (χ0) is 24.5. The van der Waals surface area contributed by atoms with E-state index >= 15 is 0 Å². The number of rotatable bonds is 10. The topological polar surface area (TPSA) is 121 Å². The van der Waals surface area contributed by atoms with Gasteiger partial charge in [-0.3, -0.25) is 0 Å². The van der Waals surface area contributed by atoms with Crippen molar-refractivity contribution in [2.45, 2.75) is 103 Å². The third-order valence-electron chi connectivity index (χ3n) is 5.98. The van der Waals surface area contributed by atoms with Gasteiger partial charge in [-0.05, 0) is 38.5 Å². The SMILES string of the molecule is CC(C)(COCC(C)(C)COC(=O)OC1CCCCC1O)COC(=O)OC1CCCCC1O.[Y].[Y]. The first-order valence-corrected chi connectivity index (χ1v) is 12.1. The minimum Gasteiger partial charge on any atom is -0.434 e. The largest absolute Gasteiger partial charge is 0.508 e. The molecule has 11 heteroatoms. The van der Waals surface area contributed by atoms with Gasteiger partial charge in [0, 0.05) is 76.2 Å². The van der Waals surface area contributed by atoms with Crippen LogP contribution in [0.15, 0.2) is 0 Å². The first-order chi connectivity index (χ1) is 15.5. The Hall–Kier alpha value is 0.628. The van der Waals surface area contributed by atoms with Crippen molar-refractivity contribution in [3.63, 3.8) is 0 Å². The molecular weight excluding hydrogens is 610 g/mol. The Balaban J connectivity index is 0.00000578. The molecule has 2 radical (unpaired) electrons. The van der Waals surface area contributed by atoms with Crippen molar-refractivity contribution < 1.29 is 109 Å². The molecule has 0 amide bonds. The molecule has 2 rings (SSSR count). The van der Waals surface area contributed by atoms with Gasteiger partial charge in [0.2, 0.25) is 0 Å². The Morgan fingerprint density at radius 2 is 1.00 bits per heavy atom. The third kappa shape index (κ3) is 14.4. The predicted octanol–water partition coefficient (Wildman–Crippen LogP) is 3.96. The quantitative estimate of drug-likeness (QED) is 0.338. The maximum Gasteiger partial charge on any atom is 0.508 e. The number of carbonyl (C=O) groups is 2. The maximum atomic E-state index is 12.0. The normalized spacial score (nSPS) is 24.9. The number of ether oxygens (including phenoxy) is 5. The molecule has 198 valence electrons. The average molecular weight is 652 g/mol. The molecule has 4 atom stereocenters. The Kier molecular flexibility index (Phi) is 17.6. The van der Waals surface area contributed by atoms with Crippen molar-refractivity contribution in [3.05, 3.63) is 0 Å². The van der Waals surface area contributed by atoms with Crippen molar-refractivity contribution in [1.29, 1.82) is 0 Å². The molecule has 2 aliphatic rings. The molecule has 0 heterocycles. The van der Waals surface area contributed by atoms with Crippen LogP contribution in [0.3, 0.4) is 0 Å². The van der Waals surface area contributed by atoms with Crippen LogP contribution in [0, 0.1) is 10.8 Å². The summed E-state index contributed by atoms with van der Waals surface area (Å²) in [5, 5.41) is 19.8. The number of carbonyl (C=O) groups excluding carboxylic acids is 2. The zero-order valence-electron chi connectivity index (χ0n) is 21.7. The molecular formula is C24H42O9Y2. The molecule has 2 fully saturated rings. The second kappa shape index (κ2) is 17.3. The smallest absolute Gasteiger partial charge is 0.434 e. The molecule has 4 unspecified atom stereocenters. The molecule has 0 bridgehead atoms. The van der Waals surface area contributed by atoms with Crippen LogP contribution >= 0.6 is 0 Å². The van der Waals surface area contributed by atoms with Gasteiger partial charge < -0.3 is 33.9 Å². The Bertz CT molecular complexity index is 578. The van der Waals surface area contributed by atoms with E-state index < -0.39 is 47.6 Å². The molecule has 0 aromatic rings. The summed E-state index contributed by atoms with van der Waals surface area (Å²) in [5.41, 5.74) is -0.894. The van der Waals surface area contributed by atoms with Crippen LogP contribution in [-0.2, 0) is 89.1 Å². The van der Waals surface area contributed by atoms with E-state index in [1.165, 1.54) is 0 Å². The molecule has 35 heavy (non-hydrogen) atoms. The average Bonchev–Trinajstić information content (AvgIpc) is 2.74. The van der Waals surface area contributed by atoms with E-state index in [2.05, 4.69) is 0 Å². The first-order valence-electron chi connectivity index (χ1n) is 12.1. The molecule has 0 aromatic heterocycles. The van der Waals surface area contributed by atoms with Gasteiger partial charge in [0.05, 0.1) is 25.4 Å². The molecule has 0 aliphatic heterocycles. The zero-order valence-corrected chi connectivity index (χ0v) is 27.4. The third-order valence-corrected chi connectivity index (χ3v) is 5.98. The van der Waals surface area contributed by atoms with E-state index in [4.69, 9.17) is 23.7 Å². The van der Waals surface area contributed by atoms with Gasteiger partial charge in [0.15, 0.2) is 0 Å². The summed E-state index contributed by atoms with van der Waals surface area (Å²) in [5.74, 6) is 0. The second-order valence-electron chi connectivity index (χ2n) is 10.9. The van der Waals surface area contributed by atoms with E-state index in [0.717, 1.165) is 25.7 Å². The van der Waals surface area contributed by atoms with Crippen molar-refractivity contribution in [1.82, 2.24) is 0 Å². The van der Waals surface area contributed by atoms with Crippen LogP contribution < -0.4 is 0 Å². The molecule has 2 saturated carbocycles. The fourth-order valence-corrected chi connectivity index (χ4v) is 3.94. The van der Waals surface area contributed by atoms with Gasteiger partial charge in [-0.15, -0.1) is 0 Å². The Morgan fingerprint density at radius 3 is 1.34 bits per heavy atom. The predicted molar refractivity (Wildman–Crippen MR) is 120 cm³/mol. The fourth-order valence-electron chi connectivity index (χ4n) is 3.94. The van der Waals surface area contributed by atoms with Gasteiger partial charge in [-0.25, -0.2) is 9.59 Å². The minimum atomic E-state index is -0.774. The second-order valence-corrected chi connectivity index (χ2v) is 10.9. The standard InChI is InChI=1S/C24H42O9.2Y/c1-23(2,15-30-21(27)32-19-11-7-5-9-17(19)25)13-29-14-24(3,4)16-31-22(28)33-20-12-8-6-10-18(20)26;;/h17-20,25-26H,5-16H2,1-4H3;;. The van der Waals surface area contributed by atoms with E-state index in [0.29, 0.717) is 38.9 Å². The Labute approximate surface area is 259 Å². The van der Waals surface area contributed by atoms with Crippen LogP contribution in [0.2, 0.25) is 0 Å². The summed E-state index contributed by atoms with van der Waals surface area (Å²) >= 11 is 0. The number of aliphatic hydroxyl groups excluding tert-OH is 2. The van der Waals surface area contributed by atoms with Gasteiger partial charge in [0.25, 0.3) is 0 Å². The van der Waals surface area contributed by atoms with E-state index in [9.17, 15) is 19.8 Å². The van der Waals surface area contributed by atoms with Crippen LogP contribution in [0.25, 0.3) is 0 Å². The van der Waals surface area contributed by atoms with Gasteiger partial charge in [0.1, 0.15) is 25.4 Å². The molecule has 9 nitrogen and oxygen atoms in total. The summed E-state index contributed by atoms with van der Waals surface area (Å²) in [6.07, 6.45) is 2.49. The van der Waals surface area contributed by atoms with Gasteiger partial charge >= 0.3 is 12.3 Å². The number of aliphatic hydroxyl groups is 2.